The van der Waals surface area contributed by atoms with Crippen molar-refractivity contribution in [3.8, 4) is 5.75 Å². The van der Waals surface area contributed by atoms with Crippen LogP contribution in [0.2, 0.25) is 0 Å². The van der Waals surface area contributed by atoms with Crippen LogP contribution in [-0.2, 0) is 4.79 Å². The first kappa shape index (κ1) is 16.0. The van der Waals surface area contributed by atoms with Crippen LogP contribution in [0.4, 0.5) is 10.1 Å². The normalized spacial score (nSPS) is 16.3. The second-order valence-corrected chi connectivity index (χ2v) is 5.50. The van der Waals surface area contributed by atoms with Crippen LogP contribution in [0.25, 0.3) is 0 Å². The van der Waals surface area contributed by atoms with Gasteiger partial charge >= 0.3 is 0 Å². The largest absolute Gasteiger partial charge is 0.478 e. The molecule has 2 aromatic carbocycles. The van der Waals surface area contributed by atoms with E-state index in [1.807, 2.05) is 18.2 Å². The van der Waals surface area contributed by atoms with Crippen LogP contribution in [0, 0.1) is 5.82 Å². The van der Waals surface area contributed by atoms with E-state index in [9.17, 15) is 14.0 Å². The summed E-state index contributed by atoms with van der Waals surface area (Å²) in [6.45, 7) is 0.208. The fourth-order valence-electron chi connectivity index (χ4n) is 2.61. The molecule has 0 radical (unpaired) electrons. The number of carbonyl (C=O) groups is 2. The van der Waals surface area contributed by atoms with Crippen LogP contribution >= 0.6 is 0 Å². The molecule has 1 aliphatic heterocycles. The Morgan fingerprint density at radius 2 is 1.92 bits per heavy atom. The maximum absolute atomic E-state index is 13.6. The molecule has 2 aromatic rings. The van der Waals surface area contributed by atoms with Gasteiger partial charge in [0, 0.05) is 20.0 Å². The third-order valence-corrected chi connectivity index (χ3v) is 3.91. The van der Waals surface area contributed by atoms with Crippen LogP contribution in [-0.4, -0.2) is 31.5 Å². The summed E-state index contributed by atoms with van der Waals surface area (Å²) in [6, 6.07) is 13.0. The molecule has 6 heteroatoms. The fourth-order valence-corrected chi connectivity index (χ4v) is 2.61. The van der Waals surface area contributed by atoms with Crippen molar-refractivity contribution in [2.24, 2.45) is 0 Å². The first-order valence-electron chi connectivity index (χ1n) is 7.64. The molecule has 2 amide bonds. The molecule has 0 aliphatic carbocycles. The van der Waals surface area contributed by atoms with Gasteiger partial charge in [-0.25, -0.2) is 4.39 Å². The molecule has 1 unspecified atom stereocenters. The second-order valence-electron chi connectivity index (χ2n) is 5.50. The van der Waals surface area contributed by atoms with Gasteiger partial charge in [-0.1, -0.05) is 24.3 Å². The number of nitrogens with one attached hydrogen (secondary N) is 1. The van der Waals surface area contributed by atoms with Gasteiger partial charge in [-0.3, -0.25) is 9.59 Å². The summed E-state index contributed by atoms with van der Waals surface area (Å²) in [7, 11) is 1.69. The number of para-hydroxylation sites is 2. The molecule has 0 saturated carbocycles. The summed E-state index contributed by atoms with van der Waals surface area (Å²) in [4.78, 5) is 25.8. The van der Waals surface area contributed by atoms with Crippen LogP contribution in [0.1, 0.15) is 16.8 Å². The van der Waals surface area contributed by atoms with E-state index in [2.05, 4.69) is 5.32 Å². The van der Waals surface area contributed by atoms with Crippen molar-refractivity contribution in [2.45, 2.75) is 12.5 Å². The minimum Gasteiger partial charge on any atom is -0.478 e. The van der Waals surface area contributed by atoms with Crippen LogP contribution < -0.4 is 15.0 Å². The number of hydrogen-bond donors (Lipinski definition) is 1. The number of benzene rings is 2. The molecule has 0 bridgehead atoms. The Balaban J connectivity index is 1.61. The molecule has 1 atom stereocenters. The Bertz CT molecular complexity index is 778. The quantitative estimate of drug-likeness (QED) is 0.937. The van der Waals surface area contributed by atoms with E-state index in [-0.39, 0.29) is 18.0 Å². The Morgan fingerprint density at radius 1 is 1.21 bits per heavy atom. The highest BCUT2D eigenvalue weighted by atomic mass is 19.1. The average molecular weight is 328 g/mol. The van der Waals surface area contributed by atoms with E-state index >= 15 is 0 Å². The Labute approximate surface area is 139 Å². The summed E-state index contributed by atoms with van der Waals surface area (Å²) in [6.07, 6.45) is -0.372. The topological polar surface area (TPSA) is 58.6 Å². The molecular formula is C18H17FN2O3. The Morgan fingerprint density at radius 3 is 2.71 bits per heavy atom. The van der Waals surface area contributed by atoms with Crippen molar-refractivity contribution >= 4 is 17.5 Å². The highest BCUT2D eigenvalue weighted by molar-refractivity contribution is 5.99. The molecule has 3 rings (SSSR count). The lowest BCUT2D eigenvalue weighted by Crippen LogP contribution is -2.45. The van der Waals surface area contributed by atoms with Gasteiger partial charge in [0.05, 0.1) is 11.3 Å². The maximum Gasteiger partial charge on any atom is 0.267 e. The number of rotatable bonds is 4. The Kier molecular flexibility index (Phi) is 4.46. The lowest BCUT2D eigenvalue weighted by Gasteiger charge is -2.31. The predicted molar refractivity (Wildman–Crippen MR) is 87.6 cm³/mol. The molecule has 0 fully saturated rings. The number of hydrogen-bond acceptors (Lipinski definition) is 3. The molecular weight excluding hydrogens is 311 g/mol. The molecule has 0 aromatic heterocycles. The number of halogens is 1. The number of carbonyl (C=O) groups excluding carboxylic acids is 2. The van der Waals surface area contributed by atoms with Gasteiger partial charge in [-0.05, 0) is 24.3 Å². The standard InChI is InChI=1S/C18H17FN2O3/c1-21-14-8-4-5-9-15(14)24-16(18(21)23)10-11-20-17(22)12-6-2-3-7-13(12)19/h2-9,16H,10-11H2,1H3,(H,20,22). The predicted octanol–water partition coefficient (Wildman–Crippen LogP) is 2.37. The van der Waals surface area contributed by atoms with Crippen molar-refractivity contribution in [1.29, 1.82) is 0 Å². The third kappa shape index (κ3) is 3.08. The molecule has 24 heavy (non-hydrogen) atoms. The van der Waals surface area contributed by atoms with Gasteiger partial charge in [-0.2, -0.15) is 0 Å². The molecule has 0 saturated heterocycles. The van der Waals surface area contributed by atoms with Crippen molar-refractivity contribution in [1.82, 2.24) is 5.32 Å². The van der Waals surface area contributed by atoms with Gasteiger partial charge in [-0.15, -0.1) is 0 Å². The second kappa shape index (κ2) is 6.70. The fraction of sp³-hybridized carbons (Fsp3) is 0.222. The first-order chi connectivity index (χ1) is 11.6. The van der Waals surface area contributed by atoms with E-state index in [0.29, 0.717) is 17.9 Å². The van der Waals surface area contributed by atoms with Gasteiger partial charge in [0.15, 0.2) is 6.10 Å². The highest BCUT2D eigenvalue weighted by Gasteiger charge is 2.31. The van der Waals surface area contributed by atoms with Crippen LogP contribution in [0.15, 0.2) is 48.5 Å². The lowest BCUT2D eigenvalue weighted by atomic mass is 10.1. The Hall–Kier alpha value is -2.89. The summed E-state index contributed by atoms with van der Waals surface area (Å²) < 4.78 is 19.3. The van der Waals surface area contributed by atoms with Crippen molar-refractivity contribution in [2.75, 3.05) is 18.5 Å². The smallest absolute Gasteiger partial charge is 0.267 e. The van der Waals surface area contributed by atoms with E-state index in [0.717, 1.165) is 0 Å². The maximum atomic E-state index is 13.6. The third-order valence-electron chi connectivity index (χ3n) is 3.91. The molecule has 124 valence electrons. The molecule has 0 spiro atoms. The number of likely N-dealkylation sites (N-methyl/N-ethyl adjacent to an activating group) is 1. The van der Waals surface area contributed by atoms with Crippen molar-refractivity contribution in [3.05, 3.63) is 59.9 Å². The van der Waals surface area contributed by atoms with Gasteiger partial charge in [0.2, 0.25) is 0 Å². The van der Waals surface area contributed by atoms with E-state index in [1.165, 1.54) is 18.2 Å². The zero-order valence-corrected chi connectivity index (χ0v) is 13.2. The average Bonchev–Trinajstić information content (AvgIpc) is 2.59. The minimum absolute atomic E-state index is 0.0177. The van der Waals surface area contributed by atoms with E-state index in [1.54, 1.807) is 24.1 Å². The molecule has 1 N–H and O–H groups in total. The van der Waals surface area contributed by atoms with Crippen LogP contribution in [0.3, 0.4) is 0 Å². The summed E-state index contributed by atoms with van der Waals surface area (Å²) in [5.74, 6) is -0.627. The zero-order valence-electron chi connectivity index (χ0n) is 13.2. The van der Waals surface area contributed by atoms with Crippen LogP contribution in [0.5, 0.6) is 5.75 Å². The SMILES string of the molecule is CN1C(=O)C(CCNC(=O)c2ccccc2F)Oc2ccccc21. The lowest BCUT2D eigenvalue weighted by molar-refractivity contribution is -0.126. The van der Waals surface area contributed by atoms with Gasteiger partial charge in [0.25, 0.3) is 11.8 Å². The van der Waals surface area contributed by atoms with Crippen molar-refractivity contribution < 1.29 is 18.7 Å². The number of nitrogens with zero attached hydrogens (tertiary/aromatic N) is 1. The van der Waals surface area contributed by atoms with Gasteiger partial charge < -0.3 is 15.0 Å². The number of amides is 2. The highest BCUT2D eigenvalue weighted by Crippen LogP contribution is 2.33. The zero-order chi connectivity index (χ0) is 17.1. The monoisotopic (exact) mass is 328 g/mol. The molecule has 1 heterocycles. The van der Waals surface area contributed by atoms with Gasteiger partial charge in [0.1, 0.15) is 11.6 Å². The minimum atomic E-state index is -0.675. The molecule has 1 aliphatic rings. The summed E-state index contributed by atoms with van der Waals surface area (Å²) >= 11 is 0. The van der Waals surface area contributed by atoms with E-state index < -0.39 is 17.8 Å². The number of anilines is 1. The summed E-state index contributed by atoms with van der Waals surface area (Å²) in [5.41, 5.74) is 0.699. The summed E-state index contributed by atoms with van der Waals surface area (Å²) in [5, 5.41) is 2.62. The van der Waals surface area contributed by atoms with E-state index in [4.69, 9.17) is 4.74 Å². The number of fused-ring (bicyclic) bond motifs is 1. The molecule has 5 nitrogen and oxygen atoms in total. The van der Waals surface area contributed by atoms with Crippen molar-refractivity contribution in [3.63, 3.8) is 0 Å². The first-order valence-corrected chi connectivity index (χ1v) is 7.64. The number of ether oxygens (including phenoxy) is 1.